The van der Waals surface area contributed by atoms with E-state index >= 15 is 0 Å². The molecule has 2 aromatic rings. The van der Waals surface area contributed by atoms with E-state index in [0.717, 1.165) is 10.9 Å². The molecule has 2 nitrogen and oxygen atoms in total. The van der Waals surface area contributed by atoms with Crippen LogP contribution >= 0.6 is 0 Å². The van der Waals surface area contributed by atoms with Gasteiger partial charge in [0.25, 0.3) is 0 Å². The summed E-state index contributed by atoms with van der Waals surface area (Å²) in [5.41, 5.74) is 5.82. The minimum Gasteiger partial charge on any atom is -0.361 e. The van der Waals surface area contributed by atoms with E-state index in [0.29, 0.717) is 5.56 Å². The summed E-state index contributed by atoms with van der Waals surface area (Å²) >= 11 is 0. The molecule has 86 valence electrons. The fourth-order valence-electron chi connectivity index (χ4n) is 2.00. The first-order valence-electron chi connectivity index (χ1n) is 5.54. The maximum absolute atomic E-state index is 14.7. The molecule has 3 N–H and O–H groups in total. The Bertz CT molecular complexity index is 489. The fourth-order valence-corrected chi connectivity index (χ4v) is 2.00. The molecule has 0 fully saturated rings. The summed E-state index contributed by atoms with van der Waals surface area (Å²) in [5, 5.41) is 1.02. The molecule has 0 spiro atoms. The smallest absolute Gasteiger partial charge is 0.150 e. The molecule has 1 heterocycles. The number of aromatic amines is 1. The van der Waals surface area contributed by atoms with Crippen LogP contribution in [0.15, 0.2) is 30.5 Å². The molecule has 2 rings (SSSR count). The summed E-state index contributed by atoms with van der Waals surface area (Å²) in [6.45, 7) is 3.73. The number of aromatic nitrogens is 1. The van der Waals surface area contributed by atoms with Crippen molar-refractivity contribution in [3.8, 4) is 0 Å². The van der Waals surface area contributed by atoms with Gasteiger partial charge in [0.15, 0.2) is 0 Å². The van der Waals surface area contributed by atoms with Crippen LogP contribution in [0.2, 0.25) is 0 Å². The standard InChI is InChI=1S/C13H17FN2/c1-9(2)13(14,8-15)11-3-4-12-10(7-11)5-6-16-12/h3-7,9,16H,8,15H2,1-2H3. The highest BCUT2D eigenvalue weighted by Crippen LogP contribution is 2.34. The fraction of sp³-hybridized carbons (Fsp3) is 0.385. The Labute approximate surface area is 94.7 Å². The van der Waals surface area contributed by atoms with E-state index < -0.39 is 5.67 Å². The predicted octanol–water partition coefficient (Wildman–Crippen LogP) is 2.95. The molecule has 1 aromatic heterocycles. The van der Waals surface area contributed by atoms with Crippen molar-refractivity contribution in [2.75, 3.05) is 6.54 Å². The summed E-state index contributed by atoms with van der Waals surface area (Å²) in [5.74, 6) is -0.131. The summed E-state index contributed by atoms with van der Waals surface area (Å²) in [6.07, 6.45) is 1.85. The number of fused-ring (bicyclic) bond motifs is 1. The Morgan fingerprint density at radius 3 is 2.75 bits per heavy atom. The highest BCUT2D eigenvalue weighted by Gasteiger charge is 2.34. The first-order valence-corrected chi connectivity index (χ1v) is 5.54. The SMILES string of the molecule is CC(C)C(F)(CN)c1ccc2[nH]ccc2c1. The lowest BCUT2D eigenvalue weighted by Gasteiger charge is -2.28. The van der Waals surface area contributed by atoms with Gasteiger partial charge in [-0.15, -0.1) is 0 Å². The molecule has 16 heavy (non-hydrogen) atoms. The van der Waals surface area contributed by atoms with Gasteiger partial charge in [0.1, 0.15) is 5.67 Å². The first kappa shape index (κ1) is 11.1. The topological polar surface area (TPSA) is 41.8 Å². The molecule has 0 aliphatic carbocycles. The maximum Gasteiger partial charge on any atom is 0.150 e. The Morgan fingerprint density at radius 2 is 2.12 bits per heavy atom. The molecule has 1 aromatic carbocycles. The van der Waals surface area contributed by atoms with Crippen molar-refractivity contribution in [2.45, 2.75) is 19.5 Å². The zero-order valence-electron chi connectivity index (χ0n) is 9.63. The zero-order chi connectivity index (χ0) is 11.8. The average molecular weight is 220 g/mol. The Balaban J connectivity index is 2.52. The van der Waals surface area contributed by atoms with E-state index in [-0.39, 0.29) is 12.5 Å². The van der Waals surface area contributed by atoms with Crippen molar-refractivity contribution in [1.29, 1.82) is 0 Å². The average Bonchev–Trinajstić information content (AvgIpc) is 2.74. The van der Waals surface area contributed by atoms with E-state index in [1.807, 2.05) is 44.3 Å². The molecule has 0 saturated carbocycles. The molecular formula is C13H17FN2. The highest BCUT2D eigenvalue weighted by atomic mass is 19.1. The number of H-pyrrole nitrogens is 1. The molecule has 1 unspecified atom stereocenters. The van der Waals surface area contributed by atoms with Crippen LogP contribution in [-0.4, -0.2) is 11.5 Å². The lowest BCUT2D eigenvalue weighted by atomic mass is 9.85. The number of benzene rings is 1. The number of halogens is 1. The van der Waals surface area contributed by atoms with Crippen LogP contribution in [0.4, 0.5) is 4.39 Å². The number of nitrogens with one attached hydrogen (secondary N) is 1. The first-order chi connectivity index (χ1) is 7.58. The minimum atomic E-state index is -1.44. The lowest BCUT2D eigenvalue weighted by Crippen LogP contribution is -2.35. The molecule has 0 aliphatic rings. The second-order valence-electron chi connectivity index (χ2n) is 4.50. The maximum atomic E-state index is 14.7. The third-order valence-corrected chi connectivity index (χ3v) is 3.25. The van der Waals surface area contributed by atoms with Gasteiger partial charge in [-0.05, 0) is 35.1 Å². The van der Waals surface area contributed by atoms with Crippen LogP contribution in [0.5, 0.6) is 0 Å². The van der Waals surface area contributed by atoms with Crippen molar-refractivity contribution in [1.82, 2.24) is 4.98 Å². The van der Waals surface area contributed by atoms with Gasteiger partial charge in [-0.25, -0.2) is 4.39 Å². The normalized spacial score (nSPS) is 15.6. The zero-order valence-corrected chi connectivity index (χ0v) is 9.63. The van der Waals surface area contributed by atoms with Gasteiger partial charge in [0.2, 0.25) is 0 Å². The third kappa shape index (κ3) is 1.61. The quantitative estimate of drug-likeness (QED) is 0.820. The highest BCUT2D eigenvalue weighted by molar-refractivity contribution is 5.80. The second-order valence-corrected chi connectivity index (χ2v) is 4.50. The van der Waals surface area contributed by atoms with E-state index in [1.54, 1.807) is 0 Å². The molecule has 0 aliphatic heterocycles. The molecule has 3 heteroatoms. The lowest BCUT2D eigenvalue weighted by molar-refractivity contribution is 0.109. The number of hydrogen-bond acceptors (Lipinski definition) is 1. The predicted molar refractivity (Wildman–Crippen MR) is 65.0 cm³/mol. The van der Waals surface area contributed by atoms with Gasteiger partial charge in [-0.1, -0.05) is 19.9 Å². The Morgan fingerprint density at radius 1 is 1.38 bits per heavy atom. The number of rotatable bonds is 3. The van der Waals surface area contributed by atoms with Crippen molar-refractivity contribution < 1.29 is 4.39 Å². The van der Waals surface area contributed by atoms with Gasteiger partial charge < -0.3 is 10.7 Å². The molecule has 0 saturated heterocycles. The van der Waals surface area contributed by atoms with Crippen LogP contribution < -0.4 is 5.73 Å². The van der Waals surface area contributed by atoms with Crippen molar-refractivity contribution >= 4 is 10.9 Å². The van der Waals surface area contributed by atoms with Crippen LogP contribution in [0.3, 0.4) is 0 Å². The minimum absolute atomic E-state index is 0.0145. The monoisotopic (exact) mass is 220 g/mol. The van der Waals surface area contributed by atoms with E-state index in [9.17, 15) is 4.39 Å². The van der Waals surface area contributed by atoms with E-state index in [4.69, 9.17) is 5.73 Å². The Kier molecular flexibility index (Phi) is 2.72. The van der Waals surface area contributed by atoms with Crippen molar-refractivity contribution in [2.24, 2.45) is 11.7 Å². The molecule has 0 amide bonds. The van der Waals surface area contributed by atoms with Gasteiger partial charge >= 0.3 is 0 Å². The largest absolute Gasteiger partial charge is 0.361 e. The second kappa shape index (κ2) is 3.91. The molecule has 0 radical (unpaired) electrons. The van der Waals surface area contributed by atoms with E-state index in [1.165, 1.54) is 0 Å². The third-order valence-electron chi connectivity index (χ3n) is 3.25. The summed E-state index contributed by atoms with van der Waals surface area (Å²) in [4.78, 5) is 3.09. The molecule has 0 bridgehead atoms. The van der Waals surface area contributed by atoms with Gasteiger partial charge in [-0.3, -0.25) is 0 Å². The summed E-state index contributed by atoms with van der Waals surface area (Å²) in [6, 6.07) is 7.53. The molecular weight excluding hydrogens is 203 g/mol. The van der Waals surface area contributed by atoms with Gasteiger partial charge in [0.05, 0.1) is 0 Å². The van der Waals surface area contributed by atoms with Gasteiger partial charge in [-0.2, -0.15) is 0 Å². The number of hydrogen-bond donors (Lipinski definition) is 2. The van der Waals surface area contributed by atoms with Crippen LogP contribution in [-0.2, 0) is 5.67 Å². The van der Waals surface area contributed by atoms with Crippen LogP contribution in [0, 0.1) is 5.92 Å². The van der Waals surface area contributed by atoms with Gasteiger partial charge in [0, 0.05) is 18.3 Å². The Hall–Kier alpha value is -1.35. The summed E-state index contributed by atoms with van der Waals surface area (Å²) < 4.78 is 14.7. The molecule has 1 atom stereocenters. The van der Waals surface area contributed by atoms with Crippen molar-refractivity contribution in [3.63, 3.8) is 0 Å². The van der Waals surface area contributed by atoms with Crippen LogP contribution in [0.25, 0.3) is 10.9 Å². The number of alkyl halides is 1. The van der Waals surface area contributed by atoms with Crippen molar-refractivity contribution in [3.05, 3.63) is 36.0 Å². The van der Waals surface area contributed by atoms with E-state index in [2.05, 4.69) is 4.98 Å². The summed E-state index contributed by atoms with van der Waals surface area (Å²) in [7, 11) is 0. The number of nitrogens with two attached hydrogens (primary N) is 1. The van der Waals surface area contributed by atoms with Crippen LogP contribution in [0.1, 0.15) is 19.4 Å².